The van der Waals surface area contributed by atoms with E-state index in [0.29, 0.717) is 19.4 Å². The van der Waals surface area contributed by atoms with Gasteiger partial charge in [0.1, 0.15) is 0 Å². The van der Waals surface area contributed by atoms with Crippen LogP contribution in [0.2, 0.25) is 0 Å². The zero-order valence-electron chi connectivity index (χ0n) is 10.5. The number of unbranched alkanes of at least 4 members (excludes halogenated alkanes) is 1. The van der Waals surface area contributed by atoms with Crippen LogP contribution in [0.5, 0.6) is 0 Å². The lowest BCUT2D eigenvalue weighted by molar-refractivity contribution is -0.137. The predicted molar refractivity (Wildman–Crippen MR) is 66.3 cm³/mol. The summed E-state index contributed by atoms with van der Waals surface area (Å²) in [5.74, 6) is -0.805. The van der Waals surface area contributed by atoms with Gasteiger partial charge < -0.3 is 20.8 Å². The lowest BCUT2D eigenvalue weighted by atomic mass is 9.93. The van der Waals surface area contributed by atoms with Crippen molar-refractivity contribution in [3.8, 4) is 0 Å². The lowest BCUT2D eigenvalue weighted by Crippen LogP contribution is -2.44. The molecule has 6 heteroatoms. The number of aliphatic hydroxyl groups is 1. The number of urea groups is 1. The van der Waals surface area contributed by atoms with Gasteiger partial charge in [0.25, 0.3) is 0 Å². The summed E-state index contributed by atoms with van der Waals surface area (Å²) < 4.78 is 0. The van der Waals surface area contributed by atoms with Gasteiger partial charge in [-0.3, -0.25) is 4.79 Å². The summed E-state index contributed by atoms with van der Waals surface area (Å²) in [7, 11) is 0. The number of rotatable bonds is 6. The van der Waals surface area contributed by atoms with E-state index in [4.69, 9.17) is 5.11 Å². The smallest absolute Gasteiger partial charge is 0.315 e. The van der Waals surface area contributed by atoms with Crippen LogP contribution in [-0.2, 0) is 4.79 Å². The second-order valence-electron chi connectivity index (χ2n) is 4.76. The van der Waals surface area contributed by atoms with E-state index in [1.807, 2.05) is 0 Å². The van der Waals surface area contributed by atoms with Crippen molar-refractivity contribution in [1.29, 1.82) is 0 Å². The second-order valence-corrected chi connectivity index (χ2v) is 4.76. The topological polar surface area (TPSA) is 98.7 Å². The van der Waals surface area contributed by atoms with Crippen LogP contribution in [0.15, 0.2) is 0 Å². The number of hydrogen-bond acceptors (Lipinski definition) is 3. The summed E-state index contributed by atoms with van der Waals surface area (Å²) in [4.78, 5) is 21.8. The molecular formula is C12H22N2O4. The molecule has 0 aromatic rings. The molecule has 0 saturated heterocycles. The molecule has 0 aliphatic heterocycles. The Morgan fingerprint density at radius 3 is 2.39 bits per heavy atom. The summed E-state index contributed by atoms with van der Waals surface area (Å²) in [5, 5.41) is 23.3. The Balaban J connectivity index is 2.01. The normalized spacial score (nSPS) is 23.4. The number of carbonyl (C=O) groups is 2. The van der Waals surface area contributed by atoms with E-state index in [0.717, 1.165) is 25.7 Å². The van der Waals surface area contributed by atoms with E-state index in [2.05, 4.69) is 10.6 Å². The Morgan fingerprint density at radius 2 is 1.78 bits per heavy atom. The summed E-state index contributed by atoms with van der Waals surface area (Å²) >= 11 is 0. The van der Waals surface area contributed by atoms with Gasteiger partial charge in [-0.1, -0.05) is 0 Å². The maximum Gasteiger partial charge on any atom is 0.315 e. The minimum atomic E-state index is -0.805. The Morgan fingerprint density at radius 1 is 1.11 bits per heavy atom. The van der Waals surface area contributed by atoms with E-state index in [9.17, 15) is 14.7 Å². The minimum absolute atomic E-state index is 0.143. The molecule has 0 atom stereocenters. The number of amides is 2. The van der Waals surface area contributed by atoms with Gasteiger partial charge in [-0.05, 0) is 38.5 Å². The summed E-state index contributed by atoms with van der Waals surface area (Å²) in [5.41, 5.74) is 0. The molecule has 1 saturated carbocycles. The average molecular weight is 258 g/mol. The second kappa shape index (κ2) is 7.92. The molecule has 0 spiro atoms. The van der Waals surface area contributed by atoms with Gasteiger partial charge in [0.05, 0.1) is 6.10 Å². The summed E-state index contributed by atoms with van der Waals surface area (Å²) in [6, 6.07) is -0.0564. The zero-order chi connectivity index (χ0) is 13.4. The first-order chi connectivity index (χ1) is 8.58. The molecule has 1 rings (SSSR count). The van der Waals surface area contributed by atoms with Crippen molar-refractivity contribution >= 4 is 12.0 Å². The first-order valence-electron chi connectivity index (χ1n) is 6.52. The van der Waals surface area contributed by atoms with Crippen molar-refractivity contribution in [2.24, 2.45) is 0 Å². The molecule has 4 N–H and O–H groups in total. The van der Waals surface area contributed by atoms with Crippen LogP contribution in [0.1, 0.15) is 44.9 Å². The van der Waals surface area contributed by atoms with Crippen LogP contribution >= 0.6 is 0 Å². The number of carboxylic acids is 1. The van der Waals surface area contributed by atoms with Crippen molar-refractivity contribution in [3.05, 3.63) is 0 Å². The minimum Gasteiger partial charge on any atom is -0.481 e. The maximum atomic E-state index is 11.5. The van der Waals surface area contributed by atoms with Crippen molar-refractivity contribution in [2.45, 2.75) is 57.1 Å². The highest BCUT2D eigenvalue weighted by atomic mass is 16.4. The number of carbonyl (C=O) groups excluding carboxylic acids is 1. The van der Waals surface area contributed by atoms with Gasteiger partial charge in [0.2, 0.25) is 0 Å². The van der Waals surface area contributed by atoms with Gasteiger partial charge in [-0.25, -0.2) is 4.79 Å². The number of hydrogen-bond donors (Lipinski definition) is 4. The van der Waals surface area contributed by atoms with Crippen molar-refractivity contribution in [2.75, 3.05) is 6.54 Å². The van der Waals surface area contributed by atoms with Crippen LogP contribution in [0.3, 0.4) is 0 Å². The molecule has 0 bridgehead atoms. The third kappa shape index (κ3) is 6.44. The molecule has 2 amide bonds. The van der Waals surface area contributed by atoms with E-state index in [-0.39, 0.29) is 24.6 Å². The van der Waals surface area contributed by atoms with Crippen LogP contribution in [-0.4, -0.2) is 40.9 Å². The Bertz CT molecular complexity index is 275. The lowest BCUT2D eigenvalue weighted by Gasteiger charge is -2.26. The first-order valence-corrected chi connectivity index (χ1v) is 6.52. The van der Waals surface area contributed by atoms with Crippen molar-refractivity contribution < 1.29 is 19.8 Å². The summed E-state index contributed by atoms with van der Waals surface area (Å²) in [6.45, 7) is 0.495. The third-order valence-corrected chi connectivity index (χ3v) is 3.13. The van der Waals surface area contributed by atoms with Gasteiger partial charge in [0.15, 0.2) is 0 Å². The van der Waals surface area contributed by atoms with Crippen LogP contribution in [0, 0.1) is 0 Å². The van der Waals surface area contributed by atoms with E-state index >= 15 is 0 Å². The van der Waals surface area contributed by atoms with Gasteiger partial charge in [0, 0.05) is 19.0 Å². The highest BCUT2D eigenvalue weighted by molar-refractivity contribution is 5.74. The van der Waals surface area contributed by atoms with Crippen molar-refractivity contribution in [1.82, 2.24) is 10.6 Å². The fraction of sp³-hybridized carbons (Fsp3) is 0.833. The highest BCUT2D eigenvalue weighted by Crippen LogP contribution is 2.17. The number of carboxylic acid groups (broad SMARTS) is 1. The number of aliphatic hydroxyl groups excluding tert-OH is 1. The van der Waals surface area contributed by atoms with Gasteiger partial charge in [-0.15, -0.1) is 0 Å². The quantitative estimate of drug-likeness (QED) is 0.531. The van der Waals surface area contributed by atoms with Crippen LogP contribution in [0.4, 0.5) is 4.79 Å². The first kappa shape index (κ1) is 14.8. The Hall–Kier alpha value is -1.30. The Kier molecular flexibility index (Phi) is 6.49. The van der Waals surface area contributed by atoms with E-state index in [1.165, 1.54) is 0 Å². The molecule has 1 aliphatic carbocycles. The molecule has 104 valence electrons. The fourth-order valence-electron chi connectivity index (χ4n) is 2.06. The SMILES string of the molecule is O=C(O)CCCCNC(=O)NC1CCC(O)CC1. The number of nitrogens with one attached hydrogen (secondary N) is 2. The monoisotopic (exact) mass is 258 g/mol. The molecule has 1 fully saturated rings. The predicted octanol–water partition coefficient (Wildman–Crippen LogP) is 0.844. The summed E-state index contributed by atoms with van der Waals surface area (Å²) in [6.07, 6.45) is 4.27. The molecule has 1 aliphatic rings. The molecule has 6 nitrogen and oxygen atoms in total. The van der Waals surface area contributed by atoms with E-state index < -0.39 is 5.97 Å². The molecular weight excluding hydrogens is 236 g/mol. The van der Waals surface area contributed by atoms with Crippen LogP contribution in [0.25, 0.3) is 0 Å². The van der Waals surface area contributed by atoms with E-state index in [1.54, 1.807) is 0 Å². The standard InChI is InChI=1S/C12H22N2O4/c15-10-6-4-9(5-7-10)14-12(18)13-8-2-1-3-11(16)17/h9-10,15H,1-8H2,(H,16,17)(H2,13,14,18). The Labute approximate surface area is 107 Å². The fourth-order valence-corrected chi connectivity index (χ4v) is 2.06. The number of aliphatic carboxylic acids is 1. The van der Waals surface area contributed by atoms with Crippen molar-refractivity contribution in [3.63, 3.8) is 0 Å². The third-order valence-electron chi connectivity index (χ3n) is 3.13. The molecule has 18 heavy (non-hydrogen) atoms. The molecule has 0 aromatic heterocycles. The van der Waals surface area contributed by atoms with Crippen LogP contribution < -0.4 is 10.6 Å². The maximum absolute atomic E-state index is 11.5. The average Bonchev–Trinajstić information content (AvgIpc) is 2.31. The molecule has 0 aromatic carbocycles. The largest absolute Gasteiger partial charge is 0.481 e. The van der Waals surface area contributed by atoms with Gasteiger partial charge in [-0.2, -0.15) is 0 Å². The molecule has 0 unspecified atom stereocenters. The zero-order valence-corrected chi connectivity index (χ0v) is 10.5. The molecule has 0 heterocycles. The molecule has 0 radical (unpaired) electrons. The highest BCUT2D eigenvalue weighted by Gasteiger charge is 2.20. The van der Waals surface area contributed by atoms with Gasteiger partial charge >= 0.3 is 12.0 Å².